The van der Waals surface area contributed by atoms with Gasteiger partial charge in [0.2, 0.25) is 0 Å². The highest BCUT2D eigenvalue weighted by molar-refractivity contribution is 5.90. The molecule has 0 aliphatic rings. The minimum Gasteiger partial charge on any atom is -0.331 e. The molecule has 0 unspecified atom stereocenters. The third-order valence-electron chi connectivity index (χ3n) is 4.33. The quantitative estimate of drug-likeness (QED) is 0.490. The fourth-order valence-electron chi connectivity index (χ4n) is 3.04. The summed E-state index contributed by atoms with van der Waals surface area (Å²) in [6, 6.07) is 9.15. The molecule has 0 N–H and O–H groups in total. The molecule has 0 bridgehead atoms. The Hall–Kier alpha value is -2.76. The van der Waals surface area contributed by atoms with Gasteiger partial charge in [-0.15, -0.1) is 0 Å². The molecule has 0 atom stereocenters. The van der Waals surface area contributed by atoms with Gasteiger partial charge in [-0.1, -0.05) is 6.07 Å². The van der Waals surface area contributed by atoms with Crippen LogP contribution in [0.3, 0.4) is 0 Å². The molecule has 122 valence electrons. The van der Waals surface area contributed by atoms with Crippen LogP contribution in [0.25, 0.3) is 27.7 Å². The van der Waals surface area contributed by atoms with E-state index in [1.807, 2.05) is 0 Å². The van der Waals surface area contributed by atoms with Gasteiger partial charge >= 0.3 is 6.18 Å². The van der Waals surface area contributed by atoms with Crippen LogP contribution in [-0.4, -0.2) is 14.0 Å². The van der Waals surface area contributed by atoms with Crippen molar-refractivity contribution in [3.05, 3.63) is 60.2 Å². The maximum absolute atomic E-state index is 13.7. The van der Waals surface area contributed by atoms with Gasteiger partial charge in [0.05, 0.1) is 23.5 Å². The summed E-state index contributed by atoms with van der Waals surface area (Å²) < 4.78 is 52.3. The van der Waals surface area contributed by atoms with E-state index in [4.69, 9.17) is 1.37 Å². The van der Waals surface area contributed by atoms with Gasteiger partial charge in [0, 0.05) is 25.0 Å². The van der Waals surface area contributed by atoms with E-state index in [-0.39, 0.29) is 11.7 Å². The molecule has 4 aromatic rings. The molecule has 0 aliphatic carbocycles. The summed E-state index contributed by atoms with van der Waals surface area (Å²) in [4.78, 5) is 4.36. The van der Waals surface area contributed by atoms with E-state index >= 15 is 0 Å². The Morgan fingerprint density at radius 2 is 1.88 bits per heavy atom. The van der Waals surface area contributed by atoms with Crippen LogP contribution in [0.4, 0.5) is 13.2 Å². The molecule has 4 rings (SSSR count). The van der Waals surface area contributed by atoms with Crippen molar-refractivity contribution in [3.63, 3.8) is 0 Å². The highest BCUT2D eigenvalue weighted by Gasteiger charge is 2.35. The smallest absolute Gasteiger partial charge is 0.331 e. The molecule has 24 heavy (non-hydrogen) atoms. The topological polar surface area (TPSA) is 22.2 Å². The lowest BCUT2D eigenvalue weighted by Crippen LogP contribution is -2.08. The lowest BCUT2D eigenvalue weighted by molar-refractivity contribution is -0.137. The summed E-state index contributed by atoms with van der Waals surface area (Å²) in [5, 5.41) is 0. The number of fused-ring (bicyclic) bond motifs is 2. The SMILES string of the molecule is [2H]c1ccc2c(-c3cc4nc(C)n(C)c4cc3C(F)(F)F)cccn12. The van der Waals surface area contributed by atoms with Crippen molar-refractivity contribution < 1.29 is 14.5 Å². The van der Waals surface area contributed by atoms with Crippen molar-refractivity contribution in [2.45, 2.75) is 13.1 Å². The summed E-state index contributed by atoms with van der Waals surface area (Å²) in [5.41, 5.74) is 1.31. The van der Waals surface area contributed by atoms with Crippen LogP contribution in [0.2, 0.25) is 0 Å². The largest absolute Gasteiger partial charge is 0.417 e. The number of alkyl halides is 3. The van der Waals surface area contributed by atoms with Crippen LogP contribution in [-0.2, 0) is 13.2 Å². The van der Waals surface area contributed by atoms with Crippen LogP contribution in [0, 0.1) is 6.92 Å². The molecule has 0 amide bonds. The molecular weight excluding hydrogens is 315 g/mol. The highest BCUT2D eigenvalue weighted by atomic mass is 19.4. The van der Waals surface area contributed by atoms with Crippen molar-refractivity contribution >= 4 is 16.6 Å². The van der Waals surface area contributed by atoms with Crippen LogP contribution in [0.5, 0.6) is 0 Å². The van der Waals surface area contributed by atoms with Crippen molar-refractivity contribution in [3.8, 4) is 11.1 Å². The zero-order valence-corrected chi connectivity index (χ0v) is 13.0. The second kappa shape index (κ2) is 4.87. The van der Waals surface area contributed by atoms with Gasteiger partial charge in [-0.3, -0.25) is 0 Å². The Labute approximate surface area is 137 Å². The van der Waals surface area contributed by atoms with Crippen LogP contribution in [0.15, 0.2) is 48.8 Å². The van der Waals surface area contributed by atoms with Crippen molar-refractivity contribution in [1.82, 2.24) is 14.0 Å². The molecule has 0 spiro atoms. The zero-order valence-electron chi connectivity index (χ0n) is 14.0. The highest BCUT2D eigenvalue weighted by Crippen LogP contribution is 2.40. The van der Waals surface area contributed by atoms with Gasteiger partial charge in [-0.25, -0.2) is 4.98 Å². The van der Waals surface area contributed by atoms with Crippen molar-refractivity contribution in [1.29, 1.82) is 0 Å². The standard InChI is InChI=1S/C18H14F3N3/c1-11-22-15-9-13(12-5-3-7-24-8-4-6-16(12)24)14(18(19,20)21)10-17(15)23(11)2/h3-10H,1-2H3/i8D. The molecule has 0 fully saturated rings. The molecule has 0 aliphatic heterocycles. The fraction of sp³-hybridized carbons (Fsp3) is 0.167. The van der Waals surface area contributed by atoms with Gasteiger partial charge in [-0.2, -0.15) is 13.2 Å². The van der Waals surface area contributed by atoms with E-state index < -0.39 is 11.7 Å². The minimum atomic E-state index is -4.50. The second-order valence-electron chi connectivity index (χ2n) is 5.74. The van der Waals surface area contributed by atoms with E-state index in [2.05, 4.69) is 4.98 Å². The molecular formula is C18H14F3N3. The number of aryl methyl sites for hydroxylation is 2. The Bertz CT molecular complexity index is 1120. The molecule has 3 heterocycles. The molecule has 3 aromatic heterocycles. The normalized spacial score (nSPS) is 13.0. The molecule has 0 radical (unpaired) electrons. The van der Waals surface area contributed by atoms with Crippen LogP contribution < -0.4 is 0 Å². The van der Waals surface area contributed by atoms with Gasteiger partial charge in [0.1, 0.15) is 5.82 Å². The van der Waals surface area contributed by atoms with Crippen molar-refractivity contribution in [2.75, 3.05) is 0 Å². The predicted molar refractivity (Wildman–Crippen MR) is 86.8 cm³/mol. The summed E-state index contributed by atoms with van der Waals surface area (Å²) in [6.07, 6.45) is -2.61. The maximum atomic E-state index is 13.7. The number of pyridine rings is 1. The van der Waals surface area contributed by atoms with Crippen LogP contribution in [0.1, 0.15) is 12.8 Å². The third-order valence-corrected chi connectivity index (χ3v) is 4.33. The Balaban J connectivity index is 2.12. The lowest BCUT2D eigenvalue weighted by Gasteiger charge is -2.15. The molecule has 6 heteroatoms. The first kappa shape index (κ1) is 13.7. The fourth-order valence-corrected chi connectivity index (χ4v) is 3.04. The summed E-state index contributed by atoms with van der Waals surface area (Å²) in [6.45, 7) is 1.76. The number of hydrogen-bond acceptors (Lipinski definition) is 1. The van der Waals surface area contributed by atoms with E-state index in [1.54, 1.807) is 53.4 Å². The van der Waals surface area contributed by atoms with Crippen LogP contribution >= 0.6 is 0 Å². The summed E-state index contributed by atoms with van der Waals surface area (Å²) >= 11 is 0. The zero-order chi connectivity index (χ0) is 17.9. The number of nitrogens with zero attached hydrogens (tertiary/aromatic N) is 3. The number of benzene rings is 1. The van der Waals surface area contributed by atoms with Crippen molar-refractivity contribution in [2.24, 2.45) is 7.05 Å². The van der Waals surface area contributed by atoms with E-state index in [0.717, 1.165) is 6.07 Å². The second-order valence-corrected chi connectivity index (χ2v) is 5.74. The predicted octanol–water partition coefficient (Wildman–Crippen LogP) is 4.82. The first-order valence-electron chi connectivity index (χ1n) is 7.88. The lowest BCUT2D eigenvalue weighted by atomic mass is 9.98. The van der Waals surface area contributed by atoms with Gasteiger partial charge < -0.3 is 8.97 Å². The third kappa shape index (κ3) is 2.10. The van der Waals surface area contributed by atoms with E-state index in [1.165, 1.54) is 6.07 Å². The summed E-state index contributed by atoms with van der Waals surface area (Å²) in [5.74, 6) is 0.648. The van der Waals surface area contributed by atoms with E-state index in [0.29, 0.717) is 27.9 Å². The average molecular weight is 330 g/mol. The summed E-state index contributed by atoms with van der Waals surface area (Å²) in [7, 11) is 1.70. The van der Waals surface area contributed by atoms with Gasteiger partial charge in [0.15, 0.2) is 0 Å². The number of hydrogen-bond donors (Lipinski definition) is 0. The number of imidazole rings is 1. The Morgan fingerprint density at radius 1 is 1.08 bits per heavy atom. The Morgan fingerprint density at radius 3 is 2.62 bits per heavy atom. The number of halogens is 3. The van der Waals surface area contributed by atoms with Gasteiger partial charge in [-0.05, 0) is 42.8 Å². The molecule has 3 nitrogen and oxygen atoms in total. The maximum Gasteiger partial charge on any atom is 0.417 e. The minimum absolute atomic E-state index is 0.0711. The first-order chi connectivity index (χ1) is 11.8. The molecule has 0 saturated heterocycles. The number of rotatable bonds is 1. The number of aromatic nitrogens is 3. The molecule has 1 aromatic carbocycles. The van der Waals surface area contributed by atoms with Gasteiger partial charge in [0.25, 0.3) is 0 Å². The average Bonchev–Trinajstić information content (AvgIpc) is 3.06. The monoisotopic (exact) mass is 330 g/mol. The first-order valence-corrected chi connectivity index (χ1v) is 7.38. The molecule has 0 saturated carbocycles. The van der Waals surface area contributed by atoms with E-state index in [9.17, 15) is 13.2 Å². The Kier molecular flexibility index (Phi) is 2.77.